The molecule has 1 aliphatic heterocycles. The molecule has 5 fully saturated rings. The Balaban J connectivity index is 1.48. The molecule has 0 spiro atoms. The van der Waals surface area contributed by atoms with E-state index in [0.29, 0.717) is 44.3 Å². The minimum absolute atomic E-state index is 0.000689. The summed E-state index contributed by atoms with van der Waals surface area (Å²) >= 11 is 0. The molecule has 4 saturated carbocycles. The van der Waals surface area contributed by atoms with E-state index in [1.165, 1.54) is 5.57 Å². The number of esters is 1. The second-order valence-corrected chi connectivity index (χ2v) is 17.6. The number of ether oxygens (including phenoxy) is 2. The molecule has 0 aromatic rings. The van der Waals surface area contributed by atoms with Crippen LogP contribution in [0, 0.1) is 50.2 Å². The first-order valence-corrected chi connectivity index (χ1v) is 17.2. The van der Waals surface area contributed by atoms with Crippen molar-refractivity contribution in [1.29, 1.82) is 0 Å². The number of hydrogen-bond acceptors (Lipinski definition) is 6. The van der Waals surface area contributed by atoms with Gasteiger partial charge >= 0.3 is 11.9 Å². The molecule has 0 bridgehead atoms. The van der Waals surface area contributed by atoms with Gasteiger partial charge in [0.1, 0.15) is 5.76 Å². The lowest BCUT2D eigenvalue weighted by atomic mass is 9.33. The predicted octanol–water partition coefficient (Wildman–Crippen LogP) is 6.44. The first-order valence-electron chi connectivity index (χ1n) is 17.2. The van der Waals surface area contributed by atoms with Gasteiger partial charge in [0.05, 0.1) is 31.3 Å². The number of carboxylic acid groups (broad SMARTS) is 1. The highest BCUT2D eigenvalue weighted by atomic mass is 16.5. The molecule has 43 heavy (non-hydrogen) atoms. The third-order valence-corrected chi connectivity index (χ3v) is 14.8. The summed E-state index contributed by atoms with van der Waals surface area (Å²) in [6, 6.07) is 0. The molecule has 2 N–H and O–H groups in total. The molecular formula is C36H57NO6. The topological polar surface area (TPSA) is 96.3 Å². The minimum Gasteiger partial charge on any atom is -0.481 e. The van der Waals surface area contributed by atoms with Gasteiger partial charge < -0.3 is 19.7 Å². The minimum atomic E-state index is -0.798. The molecule has 7 heteroatoms. The summed E-state index contributed by atoms with van der Waals surface area (Å²) in [6.45, 7) is 19.3. The molecule has 7 nitrogen and oxygen atoms in total. The summed E-state index contributed by atoms with van der Waals surface area (Å²) in [5, 5.41) is 22.0. The normalized spacial score (nSPS) is 45.7. The molecule has 0 aromatic carbocycles. The number of hydrogen-bond donors (Lipinski definition) is 2. The van der Waals surface area contributed by atoms with Gasteiger partial charge in [-0.15, -0.1) is 0 Å². The van der Waals surface area contributed by atoms with Crippen molar-refractivity contribution >= 4 is 11.9 Å². The molecule has 0 amide bonds. The SMILES string of the molecule is CC1(C)CC[C@]2(C(=O)O)CC[C@]3(C)C(=C(OC(=O)CN4CCOCC4)C[C@@H]4[C@@]5(C)CC[C@H](O)C(C)(C)[C@@H]5CC[C@]43C)[C@@H]2C1. The van der Waals surface area contributed by atoms with Crippen molar-refractivity contribution in [3.05, 3.63) is 11.3 Å². The number of carbonyl (C=O) groups is 2. The Bertz CT molecular complexity index is 1190. The third kappa shape index (κ3) is 4.60. The van der Waals surface area contributed by atoms with Crippen molar-refractivity contribution in [3.63, 3.8) is 0 Å². The zero-order valence-electron chi connectivity index (χ0n) is 27.9. The van der Waals surface area contributed by atoms with Gasteiger partial charge in [-0.3, -0.25) is 14.5 Å². The van der Waals surface area contributed by atoms with Gasteiger partial charge in [0.2, 0.25) is 0 Å². The lowest BCUT2D eigenvalue weighted by Gasteiger charge is -2.71. The average molecular weight is 600 g/mol. The fourth-order valence-electron chi connectivity index (χ4n) is 11.9. The number of allylic oxidation sites excluding steroid dienone is 2. The highest BCUT2D eigenvalue weighted by Gasteiger charge is 2.70. The fraction of sp³-hybridized carbons (Fsp3) is 0.889. The maximum absolute atomic E-state index is 13.7. The standard InChI is InChI=1S/C36H57NO6/c1-31(2)12-14-36(30(40)41)15-13-35(7)29(23(36)21-31)24(43-28(39)22-37-16-18-42-19-17-37)20-26-33(5)10-9-27(38)32(3,4)25(33)8-11-34(26,35)6/h23,25-27,38H,8-22H2,1-7H3,(H,40,41)/t23-,25-,26+,27-,33-,34+,35+,36-/m0/s1. The van der Waals surface area contributed by atoms with Crippen LogP contribution in [0.1, 0.15) is 113 Å². The van der Waals surface area contributed by atoms with E-state index in [0.717, 1.165) is 63.8 Å². The second kappa shape index (κ2) is 10.3. The van der Waals surface area contributed by atoms with E-state index in [2.05, 4.69) is 53.4 Å². The van der Waals surface area contributed by atoms with Crippen molar-refractivity contribution in [2.24, 2.45) is 50.2 Å². The molecule has 5 aliphatic carbocycles. The van der Waals surface area contributed by atoms with Crippen molar-refractivity contribution in [1.82, 2.24) is 4.90 Å². The Hall–Kier alpha value is -1.44. The lowest BCUT2D eigenvalue weighted by molar-refractivity contribution is -0.211. The summed E-state index contributed by atoms with van der Waals surface area (Å²) < 4.78 is 12.1. The number of aliphatic carboxylic acids is 1. The van der Waals surface area contributed by atoms with Crippen molar-refractivity contribution in [3.8, 4) is 0 Å². The molecule has 8 atom stereocenters. The Kier molecular flexibility index (Phi) is 7.54. The summed E-state index contributed by atoms with van der Waals surface area (Å²) in [4.78, 5) is 29.1. The number of carbonyl (C=O) groups excluding carboxylic acids is 1. The fourth-order valence-corrected chi connectivity index (χ4v) is 11.9. The van der Waals surface area contributed by atoms with Crippen LogP contribution < -0.4 is 0 Å². The van der Waals surface area contributed by atoms with Crippen LogP contribution in [0.25, 0.3) is 0 Å². The summed E-state index contributed by atoms with van der Waals surface area (Å²) in [7, 11) is 0. The van der Waals surface area contributed by atoms with E-state index in [-0.39, 0.29) is 51.6 Å². The van der Waals surface area contributed by atoms with Crippen LogP contribution in [0.15, 0.2) is 11.3 Å². The van der Waals surface area contributed by atoms with Crippen molar-refractivity contribution < 1.29 is 29.3 Å². The average Bonchev–Trinajstić information content (AvgIpc) is 2.92. The van der Waals surface area contributed by atoms with Gasteiger partial charge in [-0.25, -0.2) is 0 Å². The smallest absolute Gasteiger partial charge is 0.325 e. The Morgan fingerprint density at radius 1 is 0.907 bits per heavy atom. The van der Waals surface area contributed by atoms with Crippen molar-refractivity contribution in [2.75, 3.05) is 32.8 Å². The number of aliphatic hydroxyl groups is 1. The number of fused-ring (bicyclic) bond motifs is 7. The molecule has 1 heterocycles. The quantitative estimate of drug-likeness (QED) is 0.359. The van der Waals surface area contributed by atoms with Crippen LogP contribution in [-0.2, 0) is 19.1 Å². The van der Waals surface area contributed by atoms with Crippen LogP contribution in [0.3, 0.4) is 0 Å². The highest BCUT2D eigenvalue weighted by Crippen LogP contribution is 2.76. The molecule has 242 valence electrons. The van der Waals surface area contributed by atoms with Gasteiger partial charge in [0.25, 0.3) is 0 Å². The number of aliphatic hydroxyl groups excluding tert-OH is 1. The summed E-state index contributed by atoms with van der Waals surface area (Å²) in [5.74, 6) is 0.432. The zero-order valence-corrected chi connectivity index (χ0v) is 27.9. The van der Waals surface area contributed by atoms with Gasteiger partial charge in [0.15, 0.2) is 0 Å². The second-order valence-electron chi connectivity index (χ2n) is 17.6. The Morgan fingerprint density at radius 3 is 2.26 bits per heavy atom. The highest BCUT2D eigenvalue weighted by molar-refractivity contribution is 5.77. The molecule has 1 saturated heterocycles. The number of rotatable bonds is 4. The molecule has 0 radical (unpaired) electrons. The van der Waals surface area contributed by atoms with Crippen LogP contribution in [0.2, 0.25) is 0 Å². The molecule has 0 aromatic heterocycles. The summed E-state index contributed by atoms with van der Waals surface area (Å²) in [5.41, 5.74) is -0.0749. The third-order valence-electron chi connectivity index (χ3n) is 14.8. The van der Waals surface area contributed by atoms with E-state index in [1.807, 2.05) is 0 Å². The van der Waals surface area contributed by atoms with E-state index in [1.54, 1.807) is 0 Å². The van der Waals surface area contributed by atoms with Gasteiger partial charge in [-0.1, -0.05) is 48.5 Å². The lowest BCUT2D eigenvalue weighted by Crippen LogP contribution is -2.65. The first-order chi connectivity index (χ1) is 20.0. The van der Waals surface area contributed by atoms with Crippen LogP contribution in [-0.4, -0.2) is 66.0 Å². The maximum atomic E-state index is 13.7. The van der Waals surface area contributed by atoms with Gasteiger partial charge in [0, 0.05) is 25.4 Å². The van der Waals surface area contributed by atoms with Gasteiger partial charge in [-0.05, 0) is 102 Å². The number of morpholine rings is 1. The van der Waals surface area contributed by atoms with E-state index in [9.17, 15) is 19.8 Å². The number of nitrogens with zero attached hydrogens (tertiary/aromatic N) is 1. The molecular weight excluding hydrogens is 542 g/mol. The maximum Gasteiger partial charge on any atom is 0.325 e. The van der Waals surface area contributed by atoms with E-state index in [4.69, 9.17) is 9.47 Å². The van der Waals surface area contributed by atoms with Crippen LogP contribution in [0.4, 0.5) is 0 Å². The van der Waals surface area contributed by atoms with Crippen LogP contribution >= 0.6 is 0 Å². The Morgan fingerprint density at radius 2 is 1.58 bits per heavy atom. The van der Waals surface area contributed by atoms with E-state index < -0.39 is 11.4 Å². The zero-order chi connectivity index (χ0) is 31.2. The van der Waals surface area contributed by atoms with Crippen LogP contribution in [0.5, 0.6) is 0 Å². The predicted molar refractivity (Wildman–Crippen MR) is 165 cm³/mol. The number of carboxylic acids is 1. The molecule has 6 aliphatic rings. The molecule has 6 rings (SSSR count). The Labute approximate surface area is 259 Å². The van der Waals surface area contributed by atoms with Gasteiger partial charge in [-0.2, -0.15) is 0 Å². The first kappa shape index (κ1) is 31.5. The molecule has 0 unspecified atom stereocenters. The van der Waals surface area contributed by atoms with Crippen molar-refractivity contribution in [2.45, 2.75) is 119 Å². The van der Waals surface area contributed by atoms with E-state index >= 15 is 0 Å². The summed E-state index contributed by atoms with van der Waals surface area (Å²) in [6.07, 6.45) is 8.17. The monoisotopic (exact) mass is 599 g/mol. The largest absolute Gasteiger partial charge is 0.481 e.